The van der Waals surface area contributed by atoms with Crippen LogP contribution in [0, 0.1) is 0 Å². The topological polar surface area (TPSA) is 47.6 Å². The highest BCUT2D eigenvalue weighted by Crippen LogP contribution is 2.16. The SMILES string of the molecule is COc1ccccc1C(=O)NCCCOCc1ccccc1. The molecule has 116 valence electrons. The number of hydrogen-bond acceptors (Lipinski definition) is 3. The Bertz CT molecular complexity index is 584. The lowest BCUT2D eigenvalue weighted by atomic mass is 10.2. The van der Waals surface area contributed by atoms with E-state index < -0.39 is 0 Å². The summed E-state index contributed by atoms with van der Waals surface area (Å²) < 4.78 is 10.8. The molecule has 0 saturated heterocycles. The van der Waals surface area contributed by atoms with Crippen molar-refractivity contribution in [2.24, 2.45) is 0 Å². The molecule has 0 atom stereocenters. The number of hydrogen-bond donors (Lipinski definition) is 1. The quantitative estimate of drug-likeness (QED) is 0.762. The average molecular weight is 299 g/mol. The van der Waals surface area contributed by atoms with Crippen molar-refractivity contribution in [3.63, 3.8) is 0 Å². The van der Waals surface area contributed by atoms with Crippen LogP contribution in [-0.4, -0.2) is 26.2 Å². The zero-order chi connectivity index (χ0) is 15.6. The Kier molecular flexibility index (Phi) is 6.45. The lowest BCUT2D eigenvalue weighted by molar-refractivity contribution is 0.0931. The molecular weight excluding hydrogens is 278 g/mol. The molecule has 2 rings (SSSR count). The van der Waals surface area contributed by atoms with E-state index in [4.69, 9.17) is 9.47 Å². The summed E-state index contributed by atoms with van der Waals surface area (Å²) in [5.41, 5.74) is 1.70. The molecule has 0 radical (unpaired) electrons. The van der Waals surface area contributed by atoms with Gasteiger partial charge < -0.3 is 14.8 Å². The highest BCUT2D eigenvalue weighted by Gasteiger charge is 2.10. The lowest BCUT2D eigenvalue weighted by Gasteiger charge is -2.09. The van der Waals surface area contributed by atoms with Crippen molar-refractivity contribution in [3.05, 3.63) is 65.7 Å². The molecule has 2 aromatic rings. The van der Waals surface area contributed by atoms with Crippen molar-refractivity contribution in [1.29, 1.82) is 0 Å². The lowest BCUT2D eigenvalue weighted by Crippen LogP contribution is -2.25. The van der Waals surface area contributed by atoms with Crippen LogP contribution in [0.25, 0.3) is 0 Å². The van der Waals surface area contributed by atoms with Crippen molar-refractivity contribution >= 4 is 5.91 Å². The van der Waals surface area contributed by atoms with E-state index >= 15 is 0 Å². The molecular formula is C18H21NO3. The Morgan fingerprint density at radius 3 is 2.55 bits per heavy atom. The maximum atomic E-state index is 12.0. The summed E-state index contributed by atoms with van der Waals surface area (Å²) >= 11 is 0. The van der Waals surface area contributed by atoms with Gasteiger partial charge in [-0.25, -0.2) is 0 Å². The molecule has 2 aromatic carbocycles. The molecule has 22 heavy (non-hydrogen) atoms. The minimum atomic E-state index is -0.125. The Morgan fingerprint density at radius 1 is 1.05 bits per heavy atom. The molecule has 0 aliphatic carbocycles. The maximum absolute atomic E-state index is 12.0. The standard InChI is InChI=1S/C18H21NO3/c1-21-17-11-6-5-10-16(17)18(20)19-12-7-13-22-14-15-8-3-2-4-9-15/h2-6,8-11H,7,12-14H2,1H3,(H,19,20). The Morgan fingerprint density at radius 2 is 1.77 bits per heavy atom. The van der Waals surface area contributed by atoms with Crippen LogP contribution in [0.1, 0.15) is 22.3 Å². The number of nitrogens with one attached hydrogen (secondary N) is 1. The number of methoxy groups -OCH3 is 1. The van der Waals surface area contributed by atoms with E-state index in [1.54, 1.807) is 19.2 Å². The Labute approximate surface area is 131 Å². The van der Waals surface area contributed by atoms with E-state index in [1.807, 2.05) is 42.5 Å². The van der Waals surface area contributed by atoms with Crippen molar-refractivity contribution in [2.75, 3.05) is 20.3 Å². The van der Waals surface area contributed by atoms with Gasteiger partial charge >= 0.3 is 0 Å². The number of carbonyl (C=O) groups excluding carboxylic acids is 1. The zero-order valence-corrected chi connectivity index (χ0v) is 12.7. The number of amides is 1. The fourth-order valence-corrected chi connectivity index (χ4v) is 2.07. The van der Waals surface area contributed by atoms with Crippen LogP contribution >= 0.6 is 0 Å². The molecule has 0 aliphatic rings. The maximum Gasteiger partial charge on any atom is 0.255 e. The van der Waals surface area contributed by atoms with Crippen molar-refractivity contribution in [1.82, 2.24) is 5.32 Å². The zero-order valence-electron chi connectivity index (χ0n) is 12.7. The third-order valence-electron chi connectivity index (χ3n) is 3.21. The molecule has 0 unspecified atom stereocenters. The summed E-state index contributed by atoms with van der Waals surface area (Å²) in [6, 6.07) is 17.2. The fourth-order valence-electron chi connectivity index (χ4n) is 2.07. The molecule has 4 heteroatoms. The second-order valence-electron chi connectivity index (χ2n) is 4.85. The summed E-state index contributed by atoms with van der Waals surface area (Å²) in [6.07, 6.45) is 0.772. The van der Waals surface area contributed by atoms with E-state index in [2.05, 4.69) is 5.32 Å². The van der Waals surface area contributed by atoms with Crippen LogP contribution in [-0.2, 0) is 11.3 Å². The molecule has 1 N–H and O–H groups in total. The number of para-hydroxylation sites is 1. The van der Waals surface area contributed by atoms with Gasteiger partial charge in [-0.1, -0.05) is 42.5 Å². The van der Waals surface area contributed by atoms with Gasteiger partial charge in [-0.3, -0.25) is 4.79 Å². The molecule has 0 fully saturated rings. The number of rotatable bonds is 8. The fraction of sp³-hybridized carbons (Fsp3) is 0.278. The highest BCUT2D eigenvalue weighted by molar-refractivity contribution is 5.96. The second-order valence-corrected chi connectivity index (χ2v) is 4.85. The van der Waals surface area contributed by atoms with Gasteiger partial charge in [-0.2, -0.15) is 0 Å². The van der Waals surface area contributed by atoms with Gasteiger partial charge in [0.15, 0.2) is 0 Å². The summed E-state index contributed by atoms with van der Waals surface area (Å²) in [5.74, 6) is 0.459. The predicted molar refractivity (Wildman–Crippen MR) is 86.0 cm³/mol. The Hall–Kier alpha value is -2.33. The first-order chi connectivity index (χ1) is 10.8. The van der Waals surface area contributed by atoms with Crippen LogP contribution in [0.5, 0.6) is 5.75 Å². The van der Waals surface area contributed by atoms with Crippen molar-refractivity contribution < 1.29 is 14.3 Å². The van der Waals surface area contributed by atoms with Crippen molar-refractivity contribution in [2.45, 2.75) is 13.0 Å². The van der Waals surface area contributed by atoms with E-state index in [1.165, 1.54) is 0 Å². The minimum absolute atomic E-state index is 0.125. The Balaban J connectivity index is 1.65. The molecule has 0 spiro atoms. The third-order valence-corrected chi connectivity index (χ3v) is 3.21. The summed E-state index contributed by atoms with van der Waals surface area (Å²) in [5, 5.41) is 2.87. The molecule has 0 saturated carbocycles. The largest absolute Gasteiger partial charge is 0.496 e. The van der Waals surface area contributed by atoms with Gasteiger partial charge in [0.05, 0.1) is 19.3 Å². The van der Waals surface area contributed by atoms with Gasteiger partial charge in [0.2, 0.25) is 0 Å². The van der Waals surface area contributed by atoms with Gasteiger partial charge in [0.1, 0.15) is 5.75 Å². The van der Waals surface area contributed by atoms with Gasteiger partial charge in [0, 0.05) is 13.2 Å². The number of ether oxygens (including phenoxy) is 2. The van der Waals surface area contributed by atoms with E-state index in [0.717, 1.165) is 12.0 Å². The highest BCUT2D eigenvalue weighted by atomic mass is 16.5. The van der Waals surface area contributed by atoms with Crippen LogP contribution in [0.15, 0.2) is 54.6 Å². The first kappa shape index (κ1) is 16.0. The van der Waals surface area contributed by atoms with Gasteiger partial charge in [0.25, 0.3) is 5.91 Å². The molecule has 1 amide bonds. The van der Waals surface area contributed by atoms with Gasteiger partial charge in [-0.05, 0) is 24.1 Å². The summed E-state index contributed by atoms with van der Waals surface area (Å²) in [6.45, 7) is 1.79. The monoisotopic (exact) mass is 299 g/mol. The predicted octanol–water partition coefficient (Wildman–Crippen LogP) is 3.03. The summed E-state index contributed by atoms with van der Waals surface area (Å²) in [7, 11) is 1.56. The smallest absolute Gasteiger partial charge is 0.255 e. The van der Waals surface area contributed by atoms with Crippen LogP contribution in [0.2, 0.25) is 0 Å². The number of carbonyl (C=O) groups is 1. The number of benzene rings is 2. The normalized spacial score (nSPS) is 10.2. The van der Waals surface area contributed by atoms with Crippen LogP contribution in [0.4, 0.5) is 0 Å². The molecule has 0 bridgehead atoms. The minimum Gasteiger partial charge on any atom is -0.496 e. The average Bonchev–Trinajstić information content (AvgIpc) is 2.58. The van der Waals surface area contributed by atoms with Gasteiger partial charge in [-0.15, -0.1) is 0 Å². The van der Waals surface area contributed by atoms with Crippen molar-refractivity contribution in [3.8, 4) is 5.75 Å². The molecule has 0 heterocycles. The molecule has 0 aliphatic heterocycles. The molecule has 0 aromatic heterocycles. The van der Waals surface area contributed by atoms with Crippen LogP contribution in [0.3, 0.4) is 0 Å². The van der Waals surface area contributed by atoms with E-state index in [-0.39, 0.29) is 5.91 Å². The first-order valence-corrected chi connectivity index (χ1v) is 7.34. The van der Waals surface area contributed by atoms with E-state index in [0.29, 0.717) is 31.1 Å². The molecule has 4 nitrogen and oxygen atoms in total. The second kappa shape index (κ2) is 8.85. The van der Waals surface area contributed by atoms with E-state index in [9.17, 15) is 4.79 Å². The third kappa shape index (κ3) is 4.90. The van der Waals surface area contributed by atoms with Crippen LogP contribution < -0.4 is 10.1 Å². The summed E-state index contributed by atoms with van der Waals surface area (Å²) in [4.78, 5) is 12.0. The first-order valence-electron chi connectivity index (χ1n) is 7.34.